The standard InChI is InChI=1S/C13H8BrF3N2O/c14-10-2-1-3-11(18-10)19-12(20)8-4-6-9(7-5-8)13(15,16)17/h1-7H,(H,18,19,20). The Morgan fingerprint density at radius 3 is 2.30 bits per heavy atom. The smallest absolute Gasteiger partial charge is 0.307 e. The first-order chi connectivity index (χ1) is 9.36. The molecule has 1 heterocycles. The van der Waals surface area contributed by atoms with Gasteiger partial charge in [-0.1, -0.05) is 6.07 Å². The lowest BCUT2D eigenvalue weighted by Gasteiger charge is -2.08. The van der Waals surface area contributed by atoms with Crippen LogP contribution in [0.25, 0.3) is 0 Å². The number of amides is 1. The van der Waals surface area contributed by atoms with Crippen LogP contribution in [0.15, 0.2) is 47.1 Å². The number of nitrogens with one attached hydrogen (secondary N) is 1. The lowest BCUT2D eigenvalue weighted by molar-refractivity contribution is -0.137. The number of hydrogen-bond acceptors (Lipinski definition) is 2. The summed E-state index contributed by atoms with van der Waals surface area (Å²) in [6.45, 7) is 0. The summed E-state index contributed by atoms with van der Waals surface area (Å²) in [5, 5.41) is 2.50. The second kappa shape index (κ2) is 5.62. The first-order valence-corrected chi connectivity index (χ1v) is 6.27. The second-order valence-corrected chi connectivity index (χ2v) is 4.69. The second-order valence-electron chi connectivity index (χ2n) is 3.87. The van der Waals surface area contributed by atoms with Crippen LogP contribution in [-0.4, -0.2) is 10.9 Å². The molecule has 0 spiro atoms. The molecule has 1 aromatic heterocycles. The summed E-state index contributed by atoms with van der Waals surface area (Å²) in [6.07, 6.45) is -4.42. The third-order valence-electron chi connectivity index (χ3n) is 2.43. The molecule has 7 heteroatoms. The van der Waals surface area contributed by atoms with Gasteiger partial charge in [-0.15, -0.1) is 0 Å². The molecule has 0 bridgehead atoms. The number of alkyl halides is 3. The lowest BCUT2D eigenvalue weighted by Crippen LogP contribution is -2.13. The average Bonchev–Trinajstić information content (AvgIpc) is 2.38. The maximum atomic E-state index is 12.4. The van der Waals surface area contributed by atoms with E-state index in [0.29, 0.717) is 10.4 Å². The Hall–Kier alpha value is -1.89. The molecule has 1 amide bonds. The minimum Gasteiger partial charge on any atom is -0.307 e. The maximum absolute atomic E-state index is 12.4. The van der Waals surface area contributed by atoms with E-state index in [0.717, 1.165) is 24.3 Å². The molecule has 0 radical (unpaired) electrons. The number of aromatic nitrogens is 1. The summed E-state index contributed by atoms with van der Waals surface area (Å²) in [6, 6.07) is 8.92. The predicted octanol–water partition coefficient (Wildman–Crippen LogP) is 4.12. The molecule has 2 rings (SSSR count). The highest BCUT2D eigenvalue weighted by molar-refractivity contribution is 9.10. The Morgan fingerprint density at radius 1 is 1.10 bits per heavy atom. The van der Waals surface area contributed by atoms with Crippen molar-refractivity contribution < 1.29 is 18.0 Å². The van der Waals surface area contributed by atoms with Gasteiger partial charge in [-0.2, -0.15) is 13.2 Å². The van der Waals surface area contributed by atoms with Gasteiger partial charge in [0.25, 0.3) is 5.91 Å². The van der Waals surface area contributed by atoms with Crippen molar-refractivity contribution in [1.82, 2.24) is 4.98 Å². The van der Waals surface area contributed by atoms with Crippen molar-refractivity contribution in [1.29, 1.82) is 0 Å². The number of pyridine rings is 1. The van der Waals surface area contributed by atoms with E-state index in [1.165, 1.54) is 0 Å². The van der Waals surface area contributed by atoms with E-state index < -0.39 is 17.6 Å². The van der Waals surface area contributed by atoms with E-state index in [1.807, 2.05) is 0 Å². The molecule has 0 saturated carbocycles. The van der Waals surface area contributed by atoms with E-state index in [4.69, 9.17) is 0 Å². The van der Waals surface area contributed by atoms with Crippen LogP contribution in [0.1, 0.15) is 15.9 Å². The van der Waals surface area contributed by atoms with Gasteiger partial charge in [-0.05, 0) is 52.3 Å². The highest BCUT2D eigenvalue weighted by atomic mass is 79.9. The van der Waals surface area contributed by atoms with Gasteiger partial charge in [-0.3, -0.25) is 4.79 Å². The van der Waals surface area contributed by atoms with Gasteiger partial charge in [0.1, 0.15) is 10.4 Å². The minimum atomic E-state index is -4.42. The Kier molecular flexibility index (Phi) is 4.08. The summed E-state index contributed by atoms with van der Waals surface area (Å²) in [7, 11) is 0. The molecule has 0 fully saturated rings. The zero-order chi connectivity index (χ0) is 14.8. The molecule has 0 saturated heterocycles. The molecule has 104 valence electrons. The van der Waals surface area contributed by atoms with Crippen LogP contribution >= 0.6 is 15.9 Å². The molecular weight excluding hydrogens is 337 g/mol. The van der Waals surface area contributed by atoms with Gasteiger partial charge in [0.15, 0.2) is 0 Å². The van der Waals surface area contributed by atoms with Crippen LogP contribution in [0.2, 0.25) is 0 Å². The monoisotopic (exact) mass is 344 g/mol. The summed E-state index contributed by atoms with van der Waals surface area (Å²) in [4.78, 5) is 15.8. The largest absolute Gasteiger partial charge is 0.416 e. The summed E-state index contributed by atoms with van der Waals surface area (Å²) in [5.41, 5.74) is -0.672. The van der Waals surface area contributed by atoms with E-state index in [2.05, 4.69) is 26.2 Å². The van der Waals surface area contributed by atoms with Gasteiger partial charge >= 0.3 is 6.18 Å². The minimum absolute atomic E-state index is 0.125. The van der Waals surface area contributed by atoms with Gasteiger partial charge in [0.2, 0.25) is 0 Å². The molecule has 2 aromatic rings. The summed E-state index contributed by atoms with van der Waals surface area (Å²) < 4.78 is 37.7. The van der Waals surface area contributed by atoms with Crippen LogP contribution in [-0.2, 0) is 6.18 Å². The zero-order valence-corrected chi connectivity index (χ0v) is 11.5. The first-order valence-electron chi connectivity index (χ1n) is 5.47. The van der Waals surface area contributed by atoms with Gasteiger partial charge in [0, 0.05) is 5.56 Å². The third kappa shape index (κ3) is 3.57. The molecule has 0 atom stereocenters. The van der Waals surface area contributed by atoms with E-state index in [9.17, 15) is 18.0 Å². The quantitative estimate of drug-likeness (QED) is 0.833. The highest BCUT2D eigenvalue weighted by Gasteiger charge is 2.30. The Morgan fingerprint density at radius 2 is 1.75 bits per heavy atom. The SMILES string of the molecule is O=C(Nc1cccc(Br)n1)c1ccc(C(F)(F)F)cc1. The van der Waals surface area contributed by atoms with E-state index >= 15 is 0 Å². The molecule has 1 N–H and O–H groups in total. The molecule has 0 aliphatic heterocycles. The van der Waals surface area contributed by atoms with Crippen molar-refractivity contribution in [2.75, 3.05) is 5.32 Å². The fraction of sp³-hybridized carbons (Fsp3) is 0.0769. The van der Waals surface area contributed by atoms with Crippen LogP contribution in [0.5, 0.6) is 0 Å². The van der Waals surface area contributed by atoms with Crippen molar-refractivity contribution in [3.05, 3.63) is 58.2 Å². The fourth-order valence-corrected chi connectivity index (χ4v) is 1.82. The Balaban J connectivity index is 2.14. The number of rotatable bonds is 2. The summed E-state index contributed by atoms with van der Waals surface area (Å²) >= 11 is 3.15. The zero-order valence-electron chi connectivity index (χ0n) is 9.91. The molecular formula is C13H8BrF3N2O. The van der Waals surface area contributed by atoms with E-state index in [-0.39, 0.29) is 5.56 Å². The number of carbonyl (C=O) groups excluding carboxylic acids is 1. The van der Waals surface area contributed by atoms with Crippen LogP contribution in [0.3, 0.4) is 0 Å². The summed E-state index contributed by atoms with van der Waals surface area (Å²) in [5.74, 6) is -0.214. The van der Waals surface area contributed by atoms with Crippen molar-refractivity contribution in [2.45, 2.75) is 6.18 Å². The number of benzene rings is 1. The van der Waals surface area contributed by atoms with Crippen LogP contribution in [0, 0.1) is 0 Å². The Labute approximate surface area is 121 Å². The van der Waals surface area contributed by atoms with Gasteiger partial charge in [-0.25, -0.2) is 4.98 Å². The van der Waals surface area contributed by atoms with Crippen molar-refractivity contribution >= 4 is 27.7 Å². The van der Waals surface area contributed by atoms with E-state index in [1.54, 1.807) is 18.2 Å². The molecule has 0 unspecified atom stereocenters. The molecule has 20 heavy (non-hydrogen) atoms. The number of hydrogen-bond donors (Lipinski definition) is 1. The average molecular weight is 345 g/mol. The first kappa shape index (κ1) is 14.5. The molecule has 0 aliphatic carbocycles. The third-order valence-corrected chi connectivity index (χ3v) is 2.87. The number of anilines is 1. The maximum Gasteiger partial charge on any atom is 0.416 e. The Bertz CT molecular complexity index is 626. The fourth-order valence-electron chi connectivity index (χ4n) is 1.48. The van der Waals surface area contributed by atoms with Crippen molar-refractivity contribution in [2.24, 2.45) is 0 Å². The predicted molar refractivity (Wildman–Crippen MR) is 71.3 cm³/mol. The van der Waals surface area contributed by atoms with Gasteiger partial charge < -0.3 is 5.32 Å². The molecule has 1 aromatic carbocycles. The number of nitrogens with zero attached hydrogens (tertiary/aromatic N) is 1. The van der Waals surface area contributed by atoms with Gasteiger partial charge in [0.05, 0.1) is 5.56 Å². The topological polar surface area (TPSA) is 42.0 Å². The lowest BCUT2D eigenvalue weighted by atomic mass is 10.1. The van der Waals surface area contributed by atoms with Crippen molar-refractivity contribution in [3.63, 3.8) is 0 Å². The molecule has 0 aliphatic rings. The van der Waals surface area contributed by atoms with Crippen LogP contribution < -0.4 is 5.32 Å². The number of carbonyl (C=O) groups is 1. The van der Waals surface area contributed by atoms with Crippen molar-refractivity contribution in [3.8, 4) is 0 Å². The van der Waals surface area contributed by atoms with Crippen LogP contribution in [0.4, 0.5) is 19.0 Å². The number of halogens is 4. The normalized spacial score (nSPS) is 11.2. The molecule has 3 nitrogen and oxygen atoms in total. The highest BCUT2D eigenvalue weighted by Crippen LogP contribution is 2.29.